The van der Waals surface area contributed by atoms with Crippen molar-refractivity contribution in [3.8, 4) is 11.5 Å². The Morgan fingerprint density at radius 2 is 1.86 bits per heavy atom. The number of thiophene rings is 1. The van der Waals surface area contributed by atoms with Gasteiger partial charge in [-0.25, -0.2) is 0 Å². The van der Waals surface area contributed by atoms with Gasteiger partial charge in [0.15, 0.2) is 6.29 Å². The van der Waals surface area contributed by atoms with Crippen LogP contribution in [0.2, 0.25) is 0 Å². The average molecular weight is 388 g/mol. The molecule has 0 aliphatic carbocycles. The van der Waals surface area contributed by atoms with Gasteiger partial charge in [-0.1, -0.05) is 30.3 Å². The Labute approximate surface area is 165 Å². The summed E-state index contributed by atoms with van der Waals surface area (Å²) in [5.74, 6) is 1.23. The van der Waals surface area contributed by atoms with Crippen LogP contribution in [-0.4, -0.2) is 17.2 Å². The molecule has 0 fully saturated rings. The lowest BCUT2D eigenvalue weighted by Gasteiger charge is -2.08. The minimum absolute atomic E-state index is 0.0734. The zero-order valence-electron chi connectivity index (χ0n) is 14.8. The Bertz CT molecular complexity index is 1120. The first-order valence-corrected chi connectivity index (χ1v) is 9.48. The monoisotopic (exact) mass is 388 g/mol. The lowest BCUT2D eigenvalue weighted by molar-refractivity contribution is -0.115. The number of carbonyl (C=O) groups is 2. The fraction of sp³-hybridized carbons (Fsp3) is 0.0455. The van der Waals surface area contributed by atoms with Crippen LogP contribution in [-0.2, 0) is 11.2 Å². The van der Waals surface area contributed by atoms with E-state index in [-0.39, 0.29) is 12.3 Å². The van der Waals surface area contributed by atoms with Crippen molar-refractivity contribution in [2.45, 2.75) is 6.42 Å². The van der Waals surface area contributed by atoms with Crippen LogP contribution >= 0.6 is 11.3 Å². The molecule has 4 aromatic rings. The molecular weight excluding hydrogens is 372 g/mol. The summed E-state index contributed by atoms with van der Waals surface area (Å²) in [5, 5.41) is 2.87. The second kappa shape index (κ2) is 8.02. The number of nitrogens with one attached hydrogen (secondary N) is 1. The zero-order chi connectivity index (χ0) is 19.3. The van der Waals surface area contributed by atoms with Crippen molar-refractivity contribution >= 4 is 39.4 Å². The first kappa shape index (κ1) is 17.9. The quantitative estimate of drug-likeness (QED) is 0.468. The van der Waals surface area contributed by atoms with E-state index in [2.05, 4.69) is 10.3 Å². The highest BCUT2D eigenvalue weighted by molar-refractivity contribution is 7.20. The summed E-state index contributed by atoms with van der Waals surface area (Å²) in [5.41, 5.74) is 2.40. The number of hydrogen-bond donors (Lipinski definition) is 1. The molecular formula is C22H16N2O3S. The minimum atomic E-state index is -0.0734. The van der Waals surface area contributed by atoms with Gasteiger partial charge in [-0.3, -0.25) is 14.6 Å². The molecule has 0 aliphatic heterocycles. The number of aromatic nitrogens is 1. The third-order valence-corrected chi connectivity index (χ3v) is 5.15. The van der Waals surface area contributed by atoms with Gasteiger partial charge in [-0.2, -0.15) is 0 Å². The van der Waals surface area contributed by atoms with Crippen LogP contribution in [0.4, 0.5) is 5.69 Å². The smallest absolute Gasteiger partial charge is 0.228 e. The molecule has 0 spiro atoms. The van der Waals surface area contributed by atoms with E-state index in [0.717, 1.165) is 27.8 Å². The number of para-hydroxylation sites is 1. The Kier molecular flexibility index (Phi) is 5.12. The van der Waals surface area contributed by atoms with E-state index in [4.69, 9.17) is 4.74 Å². The van der Waals surface area contributed by atoms with E-state index in [9.17, 15) is 9.59 Å². The highest BCUT2D eigenvalue weighted by Crippen LogP contribution is 2.34. The predicted molar refractivity (Wildman–Crippen MR) is 110 cm³/mol. The lowest BCUT2D eigenvalue weighted by Crippen LogP contribution is -2.14. The van der Waals surface area contributed by atoms with E-state index in [0.29, 0.717) is 16.4 Å². The number of ether oxygens (including phenoxy) is 1. The number of carbonyl (C=O) groups excluding carboxylic acids is 2. The van der Waals surface area contributed by atoms with Crippen LogP contribution < -0.4 is 10.1 Å². The molecule has 28 heavy (non-hydrogen) atoms. The van der Waals surface area contributed by atoms with Crippen LogP contribution in [0.25, 0.3) is 10.2 Å². The molecule has 0 saturated heterocycles. The summed E-state index contributed by atoms with van der Waals surface area (Å²) in [6, 6.07) is 20.3. The molecule has 5 nitrogen and oxygen atoms in total. The highest BCUT2D eigenvalue weighted by Gasteiger charge is 2.10. The summed E-state index contributed by atoms with van der Waals surface area (Å²) in [4.78, 5) is 28.0. The number of nitrogens with zero attached hydrogens (tertiary/aromatic N) is 1. The van der Waals surface area contributed by atoms with E-state index in [1.54, 1.807) is 18.3 Å². The van der Waals surface area contributed by atoms with Gasteiger partial charge in [0.2, 0.25) is 5.91 Å². The molecule has 0 saturated carbocycles. The summed E-state index contributed by atoms with van der Waals surface area (Å²) in [7, 11) is 0. The van der Waals surface area contributed by atoms with E-state index in [1.807, 2.05) is 54.6 Å². The van der Waals surface area contributed by atoms with Crippen molar-refractivity contribution in [2.75, 3.05) is 5.32 Å². The fourth-order valence-electron chi connectivity index (χ4n) is 2.79. The van der Waals surface area contributed by atoms with E-state index >= 15 is 0 Å². The van der Waals surface area contributed by atoms with Gasteiger partial charge in [-0.05, 0) is 35.9 Å². The predicted octanol–water partition coefficient (Wildman–Crippen LogP) is 5.08. The van der Waals surface area contributed by atoms with Gasteiger partial charge >= 0.3 is 0 Å². The number of anilines is 1. The Hall–Kier alpha value is -3.51. The third-order valence-electron chi connectivity index (χ3n) is 4.08. The Balaban J connectivity index is 1.44. The number of benzene rings is 2. The largest absolute Gasteiger partial charge is 0.456 e. The normalized spacial score (nSPS) is 10.6. The number of aldehydes is 1. The Morgan fingerprint density at radius 3 is 2.61 bits per heavy atom. The summed E-state index contributed by atoms with van der Waals surface area (Å²) < 4.78 is 6.79. The fourth-order valence-corrected chi connectivity index (χ4v) is 3.67. The number of pyridine rings is 1. The van der Waals surface area contributed by atoms with Crippen LogP contribution in [0, 0.1) is 0 Å². The molecule has 0 aliphatic rings. The van der Waals surface area contributed by atoms with Crippen LogP contribution in [0.5, 0.6) is 11.5 Å². The summed E-state index contributed by atoms with van der Waals surface area (Å²) in [6.07, 6.45) is 2.75. The van der Waals surface area contributed by atoms with E-state index in [1.165, 1.54) is 11.3 Å². The van der Waals surface area contributed by atoms with Crippen molar-refractivity contribution < 1.29 is 14.3 Å². The highest BCUT2D eigenvalue weighted by atomic mass is 32.1. The van der Waals surface area contributed by atoms with Crippen molar-refractivity contribution in [3.63, 3.8) is 0 Å². The number of rotatable bonds is 6. The summed E-state index contributed by atoms with van der Waals surface area (Å²) >= 11 is 1.35. The maximum absolute atomic E-state index is 12.2. The standard InChI is InChI=1S/C22H16N2O3S/c25-14-18-13-19-22(28-18)20(10-11-23-19)27-17-8-6-15(7-9-17)12-21(26)24-16-4-2-1-3-5-16/h1-11,13-14H,12H2,(H,24,26). The summed E-state index contributed by atoms with van der Waals surface area (Å²) in [6.45, 7) is 0. The second-order valence-corrected chi connectivity index (χ2v) is 7.21. The van der Waals surface area contributed by atoms with Gasteiger partial charge < -0.3 is 10.1 Å². The van der Waals surface area contributed by atoms with Crippen molar-refractivity contribution in [3.05, 3.63) is 83.4 Å². The van der Waals surface area contributed by atoms with Gasteiger partial charge in [0.1, 0.15) is 11.5 Å². The molecule has 6 heteroatoms. The molecule has 0 unspecified atom stereocenters. The number of hydrogen-bond acceptors (Lipinski definition) is 5. The Morgan fingerprint density at radius 1 is 1.07 bits per heavy atom. The van der Waals surface area contributed by atoms with Crippen molar-refractivity contribution in [1.82, 2.24) is 4.98 Å². The van der Waals surface area contributed by atoms with Gasteiger partial charge in [0, 0.05) is 18.0 Å². The van der Waals surface area contributed by atoms with Crippen molar-refractivity contribution in [2.24, 2.45) is 0 Å². The van der Waals surface area contributed by atoms with Gasteiger partial charge in [0.25, 0.3) is 0 Å². The lowest BCUT2D eigenvalue weighted by atomic mass is 10.1. The van der Waals surface area contributed by atoms with Gasteiger partial charge in [0.05, 0.1) is 21.5 Å². The zero-order valence-corrected chi connectivity index (χ0v) is 15.6. The molecule has 0 atom stereocenters. The molecule has 2 aromatic carbocycles. The SMILES string of the molecule is O=Cc1cc2nccc(Oc3ccc(CC(=O)Nc4ccccc4)cc3)c2s1. The third kappa shape index (κ3) is 4.07. The van der Waals surface area contributed by atoms with Crippen LogP contribution in [0.1, 0.15) is 15.2 Å². The molecule has 1 N–H and O–H groups in total. The molecule has 1 amide bonds. The second-order valence-electron chi connectivity index (χ2n) is 6.13. The number of fused-ring (bicyclic) bond motifs is 1. The molecule has 0 radical (unpaired) electrons. The van der Waals surface area contributed by atoms with E-state index < -0.39 is 0 Å². The maximum atomic E-state index is 12.2. The first-order chi connectivity index (χ1) is 13.7. The molecule has 138 valence electrons. The molecule has 4 rings (SSSR count). The van der Waals surface area contributed by atoms with Gasteiger partial charge in [-0.15, -0.1) is 11.3 Å². The average Bonchev–Trinajstić information content (AvgIpc) is 3.15. The first-order valence-electron chi connectivity index (χ1n) is 8.67. The molecule has 2 aromatic heterocycles. The van der Waals surface area contributed by atoms with Crippen molar-refractivity contribution in [1.29, 1.82) is 0 Å². The molecule has 2 heterocycles. The maximum Gasteiger partial charge on any atom is 0.228 e. The number of amides is 1. The minimum Gasteiger partial charge on any atom is -0.456 e. The molecule has 0 bridgehead atoms. The van der Waals surface area contributed by atoms with Crippen LogP contribution in [0.15, 0.2) is 72.9 Å². The van der Waals surface area contributed by atoms with Crippen LogP contribution in [0.3, 0.4) is 0 Å². The topological polar surface area (TPSA) is 68.3 Å².